The number of anilines is 1. The molecule has 1 saturated carbocycles. The highest BCUT2D eigenvalue weighted by Crippen LogP contribution is 2.30. The van der Waals surface area contributed by atoms with Crippen molar-refractivity contribution < 1.29 is 9.90 Å². The molecule has 1 aliphatic rings. The summed E-state index contributed by atoms with van der Waals surface area (Å²) in [6, 6.07) is 5.24. The van der Waals surface area contributed by atoms with Crippen molar-refractivity contribution in [3.8, 4) is 0 Å². The largest absolute Gasteiger partial charge is 0.478 e. The van der Waals surface area contributed by atoms with Crippen LogP contribution < -0.4 is 5.32 Å². The average Bonchev–Trinajstić information content (AvgIpc) is 2.38. The first-order valence-electron chi connectivity index (χ1n) is 7.32. The number of rotatable bonds is 5. The molecule has 0 aromatic heterocycles. The van der Waals surface area contributed by atoms with Crippen molar-refractivity contribution in [2.45, 2.75) is 39.0 Å². The van der Waals surface area contributed by atoms with E-state index in [-0.39, 0.29) is 0 Å². The lowest BCUT2D eigenvalue weighted by Gasteiger charge is -2.26. The normalized spacial score (nSPS) is 22.5. The van der Waals surface area contributed by atoms with Crippen LogP contribution >= 0.6 is 15.9 Å². The minimum Gasteiger partial charge on any atom is -0.478 e. The third-order valence-electron chi connectivity index (χ3n) is 4.07. The van der Waals surface area contributed by atoms with Gasteiger partial charge in [0.05, 0.1) is 5.56 Å². The van der Waals surface area contributed by atoms with Gasteiger partial charge in [-0.3, -0.25) is 0 Å². The van der Waals surface area contributed by atoms with Crippen LogP contribution in [0.4, 0.5) is 5.69 Å². The maximum atomic E-state index is 11.0. The molecule has 0 heterocycles. The molecule has 1 fully saturated rings. The van der Waals surface area contributed by atoms with Crippen molar-refractivity contribution in [3.63, 3.8) is 0 Å². The number of carboxylic acids is 1. The molecule has 4 heteroatoms. The van der Waals surface area contributed by atoms with Gasteiger partial charge >= 0.3 is 5.97 Å². The Hall–Kier alpha value is -1.03. The smallest absolute Gasteiger partial charge is 0.335 e. The molecule has 1 aliphatic carbocycles. The van der Waals surface area contributed by atoms with Crippen LogP contribution in [0.15, 0.2) is 22.7 Å². The van der Waals surface area contributed by atoms with Crippen molar-refractivity contribution in [1.82, 2.24) is 0 Å². The number of hydrogen-bond acceptors (Lipinski definition) is 2. The van der Waals surface area contributed by atoms with E-state index in [0.29, 0.717) is 5.56 Å². The topological polar surface area (TPSA) is 49.3 Å². The van der Waals surface area contributed by atoms with Crippen LogP contribution in [-0.4, -0.2) is 17.6 Å². The van der Waals surface area contributed by atoms with E-state index >= 15 is 0 Å². The summed E-state index contributed by atoms with van der Waals surface area (Å²) >= 11 is 3.35. The van der Waals surface area contributed by atoms with Gasteiger partial charge in [0.15, 0.2) is 0 Å². The molecule has 2 unspecified atom stereocenters. The maximum Gasteiger partial charge on any atom is 0.335 e. The first-order valence-corrected chi connectivity index (χ1v) is 8.11. The van der Waals surface area contributed by atoms with Crippen LogP contribution in [0.2, 0.25) is 0 Å². The van der Waals surface area contributed by atoms with Gasteiger partial charge in [-0.2, -0.15) is 0 Å². The molecule has 110 valence electrons. The molecule has 0 saturated heterocycles. The summed E-state index contributed by atoms with van der Waals surface area (Å²) < 4.78 is 0.797. The van der Waals surface area contributed by atoms with Gasteiger partial charge in [-0.15, -0.1) is 0 Å². The Morgan fingerprint density at radius 1 is 1.40 bits per heavy atom. The van der Waals surface area contributed by atoms with Crippen LogP contribution in [0.5, 0.6) is 0 Å². The molecule has 0 amide bonds. The molecular weight excluding hydrogens is 318 g/mol. The summed E-state index contributed by atoms with van der Waals surface area (Å²) in [4.78, 5) is 11.0. The number of halogens is 1. The van der Waals surface area contributed by atoms with Crippen molar-refractivity contribution in [1.29, 1.82) is 0 Å². The molecule has 3 nitrogen and oxygen atoms in total. The Kier molecular flexibility index (Phi) is 5.46. The molecule has 1 aromatic rings. The molecular formula is C16H22BrNO2. The van der Waals surface area contributed by atoms with E-state index < -0.39 is 5.97 Å². The van der Waals surface area contributed by atoms with E-state index in [4.69, 9.17) is 5.11 Å². The number of hydrogen-bond donors (Lipinski definition) is 2. The summed E-state index contributed by atoms with van der Waals surface area (Å²) in [6.07, 6.45) is 6.56. The molecule has 0 bridgehead atoms. The van der Waals surface area contributed by atoms with Crippen LogP contribution in [0.25, 0.3) is 0 Å². The third-order valence-corrected chi connectivity index (χ3v) is 4.53. The quantitative estimate of drug-likeness (QED) is 0.811. The SMILES string of the molecule is CC1CCCC(CCNc2cc(Br)cc(C(=O)O)c2)C1. The number of benzene rings is 1. The lowest BCUT2D eigenvalue weighted by Crippen LogP contribution is -2.16. The second-order valence-electron chi connectivity index (χ2n) is 5.89. The number of aromatic carboxylic acids is 1. The Morgan fingerprint density at radius 2 is 2.20 bits per heavy atom. The van der Waals surface area contributed by atoms with Crippen LogP contribution in [-0.2, 0) is 0 Å². The Morgan fingerprint density at radius 3 is 2.90 bits per heavy atom. The van der Waals surface area contributed by atoms with E-state index in [2.05, 4.69) is 28.2 Å². The van der Waals surface area contributed by atoms with Crippen LogP contribution in [0.3, 0.4) is 0 Å². The minimum absolute atomic E-state index is 0.313. The van der Waals surface area contributed by atoms with Gasteiger partial charge in [-0.1, -0.05) is 42.1 Å². The second-order valence-corrected chi connectivity index (χ2v) is 6.80. The standard InChI is InChI=1S/C16H22BrNO2/c1-11-3-2-4-12(7-11)5-6-18-15-9-13(16(19)20)8-14(17)10-15/h8-12,18H,2-7H2,1H3,(H,19,20). The number of carbonyl (C=O) groups is 1. The fourth-order valence-electron chi connectivity index (χ4n) is 3.06. The molecule has 0 radical (unpaired) electrons. The fraction of sp³-hybridized carbons (Fsp3) is 0.562. The highest BCUT2D eigenvalue weighted by atomic mass is 79.9. The molecule has 2 N–H and O–H groups in total. The Balaban J connectivity index is 1.86. The van der Waals surface area contributed by atoms with E-state index in [1.807, 2.05) is 6.07 Å². The molecule has 2 atom stereocenters. The van der Waals surface area contributed by atoms with Crippen molar-refractivity contribution in [2.75, 3.05) is 11.9 Å². The summed E-state index contributed by atoms with van der Waals surface area (Å²) in [5.41, 5.74) is 1.19. The molecule has 2 rings (SSSR count). The molecule has 0 spiro atoms. The highest BCUT2D eigenvalue weighted by molar-refractivity contribution is 9.10. The monoisotopic (exact) mass is 339 g/mol. The zero-order valence-electron chi connectivity index (χ0n) is 11.9. The Bertz CT molecular complexity index is 476. The van der Waals surface area contributed by atoms with Crippen molar-refractivity contribution in [3.05, 3.63) is 28.2 Å². The van der Waals surface area contributed by atoms with Crippen molar-refractivity contribution >= 4 is 27.6 Å². The highest BCUT2D eigenvalue weighted by Gasteiger charge is 2.18. The maximum absolute atomic E-state index is 11.0. The zero-order valence-corrected chi connectivity index (χ0v) is 13.4. The fourth-order valence-corrected chi connectivity index (χ4v) is 3.55. The number of carboxylic acid groups (broad SMARTS) is 1. The zero-order chi connectivity index (χ0) is 14.5. The summed E-state index contributed by atoms with van der Waals surface area (Å²) in [7, 11) is 0. The van der Waals surface area contributed by atoms with Gasteiger partial charge in [-0.05, 0) is 42.9 Å². The first-order chi connectivity index (χ1) is 9.54. The second kappa shape index (κ2) is 7.11. The predicted molar refractivity (Wildman–Crippen MR) is 85.3 cm³/mol. The van der Waals surface area contributed by atoms with Gasteiger partial charge in [-0.25, -0.2) is 4.79 Å². The third kappa shape index (κ3) is 4.51. The van der Waals surface area contributed by atoms with E-state index in [0.717, 1.165) is 28.5 Å². The summed E-state index contributed by atoms with van der Waals surface area (Å²) in [6.45, 7) is 3.25. The lowest BCUT2D eigenvalue weighted by atomic mass is 9.81. The lowest BCUT2D eigenvalue weighted by molar-refractivity contribution is 0.0697. The van der Waals surface area contributed by atoms with Gasteiger partial charge < -0.3 is 10.4 Å². The predicted octanol–water partition coefficient (Wildman–Crippen LogP) is 4.78. The molecule has 0 aliphatic heterocycles. The summed E-state index contributed by atoms with van der Waals surface area (Å²) in [5, 5.41) is 12.4. The van der Waals surface area contributed by atoms with Crippen molar-refractivity contribution in [2.24, 2.45) is 11.8 Å². The van der Waals surface area contributed by atoms with E-state index in [1.54, 1.807) is 12.1 Å². The number of nitrogens with one attached hydrogen (secondary N) is 1. The van der Waals surface area contributed by atoms with Gasteiger partial charge in [0, 0.05) is 16.7 Å². The van der Waals surface area contributed by atoms with Gasteiger partial charge in [0.25, 0.3) is 0 Å². The van der Waals surface area contributed by atoms with Gasteiger partial charge in [0.2, 0.25) is 0 Å². The molecule has 1 aromatic carbocycles. The average molecular weight is 340 g/mol. The minimum atomic E-state index is -0.893. The first kappa shape index (κ1) is 15.4. The van der Waals surface area contributed by atoms with Gasteiger partial charge in [0.1, 0.15) is 0 Å². The summed E-state index contributed by atoms with van der Waals surface area (Å²) in [5.74, 6) is 0.783. The molecule has 20 heavy (non-hydrogen) atoms. The van der Waals surface area contributed by atoms with E-state index in [1.165, 1.54) is 32.1 Å². The Labute approximate surface area is 128 Å². The van der Waals surface area contributed by atoms with Crippen LogP contribution in [0.1, 0.15) is 49.4 Å². The van der Waals surface area contributed by atoms with Crippen LogP contribution in [0, 0.1) is 11.8 Å². The van der Waals surface area contributed by atoms with E-state index in [9.17, 15) is 4.79 Å².